The quantitative estimate of drug-likeness (QED) is 0.644. The van der Waals surface area contributed by atoms with Gasteiger partial charge in [0.1, 0.15) is 0 Å². The van der Waals surface area contributed by atoms with Gasteiger partial charge in [-0.25, -0.2) is 14.5 Å². The van der Waals surface area contributed by atoms with Gasteiger partial charge in [-0.1, -0.05) is 5.21 Å². The molecule has 0 bridgehead atoms. The van der Waals surface area contributed by atoms with Gasteiger partial charge in [0.05, 0.1) is 18.2 Å². The van der Waals surface area contributed by atoms with Gasteiger partial charge in [0.15, 0.2) is 5.69 Å². The zero-order chi connectivity index (χ0) is 23.3. The number of benzene rings is 1. The number of nitrogens with one attached hydrogen (secondary N) is 1. The average molecular weight is 438 g/mol. The first-order chi connectivity index (χ1) is 14.4. The monoisotopic (exact) mass is 438 g/mol. The Bertz CT molecular complexity index is 1050. The number of hydrogen-bond donors (Lipinski definition) is 2. The van der Waals surface area contributed by atoms with Crippen LogP contribution in [-0.2, 0) is 4.79 Å². The minimum atomic E-state index is -5.08. The molecule has 3 rings (SSSR count). The summed E-state index contributed by atoms with van der Waals surface area (Å²) in [7, 11) is 0. The molecule has 12 heteroatoms. The van der Waals surface area contributed by atoms with E-state index in [1.807, 2.05) is 56.5 Å². The minimum Gasteiger partial charge on any atom is -0.475 e. The van der Waals surface area contributed by atoms with Gasteiger partial charge in [0.2, 0.25) is 0 Å². The molecule has 3 aromatic rings. The number of alkyl halides is 3. The van der Waals surface area contributed by atoms with E-state index < -0.39 is 12.1 Å². The number of nitrogens with zero attached hydrogens (tertiary/aromatic N) is 5. The van der Waals surface area contributed by atoms with Crippen molar-refractivity contribution in [1.82, 2.24) is 24.5 Å². The fourth-order valence-electron chi connectivity index (χ4n) is 2.29. The third-order valence-corrected chi connectivity index (χ3v) is 4.17. The van der Waals surface area contributed by atoms with Crippen molar-refractivity contribution in [3.63, 3.8) is 0 Å². The fourth-order valence-corrected chi connectivity index (χ4v) is 2.29. The van der Waals surface area contributed by atoms with E-state index in [0.29, 0.717) is 11.4 Å². The number of carboxylic acid groups (broad SMARTS) is 1. The zero-order valence-corrected chi connectivity index (χ0v) is 17.2. The van der Waals surface area contributed by atoms with Crippen LogP contribution in [0.1, 0.15) is 41.8 Å². The van der Waals surface area contributed by atoms with E-state index >= 15 is 0 Å². The number of hydrogen-bond acceptors (Lipinski definition) is 5. The molecule has 0 aliphatic carbocycles. The highest BCUT2D eigenvalue weighted by Crippen LogP contribution is 2.17. The topological polar surface area (TPSA) is 115 Å². The summed E-state index contributed by atoms with van der Waals surface area (Å²) in [5.41, 5.74) is 4.10. The predicted molar refractivity (Wildman–Crippen MR) is 105 cm³/mol. The molecule has 0 saturated heterocycles. The second-order valence-electron chi connectivity index (χ2n) is 6.77. The Kier molecular flexibility index (Phi) is 7.16. The number of aliphatic carboxylic acids is 1. The number of rotatable bonds is 4. The number of anilines is 1. The summed E-state index contributed by atoms with van der Waals surface area (Å²) in [5, 5.41) is 17.8. The number of halogens is 3. The summed E-state index contributed by atoms with van der Waals surface area (Å²) in [6.45, 7) is 7.96. The van der Waals surface area contributed by atoms with E-state index in [9.17, 15) is 18.0 Å². The van der Waals surface area contributed by atoms with Gasteiger partial charge >= 0.3 is 12.1 Å². The average Bonchev–Trinajstić information content (AvgIpc) is 3.31. The Balaban J connectivity index is 0.000000423. The number of carboxylic acids is 1. The first-order valence-electron chi connectivity index (χ1n) is 9.04. The molecule has 2 heterocycles. The van der Waals surface area contributed by atoms with E-state index in [1.54, 1.807) is 17.2 Å². The Labute approximate surface area is 175 Å². The molecule has 0 unspecified atom stereocenters. The molecule has 1 aromatic carbocycles. The van der Waals surface area contributed by atoms with Crippen molar-refractivity contribution >= 4 is 17.6 Å². The molecule has 0 fully saturated rings. The van der Waals surface area contributed by atoms with Crippen LogP contribution in [0.4, 0.5) is 18.9 Å². The van der Waals surface area contributed by atoms with Crippen molar-refractivity contribution in [2.24, 2.45) is 0 Å². The molecule has 0 spiro atoms. The van der Waals surface area contributed by atoms with E-state index in [-0.39, 0.29) is 11.9 Å². The van der Waals surface area contributed by atoms with Crippen LogP contribution in [0.2, 0.25) is 0 Å². The molecular weight excluding hydrogens is 417 g/mol. The smallest absolute Gasteiger partial charge is 0.475 e. The SMILES string of the molecule is Cc1ncn(-c2ccc(NC(=O)c3cn(C(C)C)nn3)cc2)c1C.O=C(O)C(F)(F)F. The second-order valence-corrected chi connectivity index (χ2v) is 6.77. The number of carbonyl (C=O) groups is 2. The van der Waals surface area contributed by atoms with Crippen LogP contribution >= 0.6 is 0 Å². The Morgan fingerprint density at radius 1 is 1.13 bits per heavy atom. The molecular formula is C19H21F3N6O3. The van der Waals surface area contributed by atoms with Crippen molar-refractivity contribution in [2.75, 3.05) is 5.32 Å². The molecule has 2 N–H and O–H groups in total. The maximum Gasteiger partial charge on any atom is 0.490 e. The van der Waals surface area contributed by atoms with Crippen LogP contribution in [0.3, 0.4) is 0 Å². The van der Waals surface area contributed by atoms with Crippen molar-refractivity contribution in [1.29, 1.82) is 0 Å². The number of amides is 1. The number of aryl methyl sites for hydroxylation is 1. The highest BCUT2D eigenvalue weighted by Gasteiger charge is 2.38. The minimum absolute atomic E-state index is 0.167. The van der Waals surface area contributed by atoms with Gasteiger partial charge in [-0.3, -0.25) is 4.79 Å². The first-order valence-corrected chi connectivity index (χ1v) is 9.04. The van der Waals surface area contributed by atoms with E-state index in [2.05, 4.69) is 20.6 Å². The lowest BCUT2D eigenvalue weighted by atomic mass is 10.2. The molecule has 0 atom stereocenters. The third kappa shape index (κ3) is 6.14. The zero-order valence-electron chi connectivity index (χ0n) is 17.2. The predicted octanol–water partition coefficient (Wildman–Crippen LogP) is 3.55. The van der Waals surface area contributed by atoms with Crippen LogP contribution in [0.15, 0.2) is 36.8 Å². The highest BCUT2D eigenvalue weighted by molar-refractivity contribution is 6.02. The van der Waals surface area contributed by atoms with E-state index in [0.717, 1.165) is 17.1 Å². The normalized spacial score (nSPS) is 11.1. The van der Waals surface area contributed by atoms with Crippen LogP contribution in [0.5, 0.6) is 0 Å². The molecule has 0 aliphatic heterocycles. The van der Waals surface area contributed by atoms with Gasteiger partial charge in [-0.15, -0.1) is 5.10 Å². The summed E-state index contributed by atoms with van der Waals surface area (Å²) in [4.78, 5) is 25.4. The summed E-state index contributed by atoms with van der Waals surface area (Å²) >= 11 is 0. The molecule has 2 aromatic heterocycles. The van der Waals surface area contributed by atoms with Crippen molar-refractivity contribution in [2.45, 2.75) is 39.9 Å². The van der Waals surface area contributed by atoms with Crippen molar-refractivity contribution < 1.29 is 27.9 Å². The Hall–Kier alpha value is -3.70. The summed E-state index contributed by atoms with van der Waals surface area (Å²) < 4.78 is 35.4. The van der Waals surface area contributed by atoms with E-state index in [4.69, 9.17) is 9.90 Å². The molecule has 0 aliphatic rings. The lowest BCUT2D eigenvalue weighted by molar-refractivity contribution is -0.192. The molecule has 31 heavy (non-hydrogen) atoms. The van der Waals surface area contributed by atoms with Gasteiger partial charge < -0.3 is 15.0 Å². The number of imidazole rings is 1. The molecule has 9 nitrogen and oxygen atoms in total. The maximum atomic E-state index is 12.2. The third-order valence-electron chi connectivity index (χ3n) is 4.17. The highest BCUT2D eigenvalue weighted by atomic mass is 19.4. The van der Waals surface area contributed by atoms with Gasteiger partial charge in [-0.2, -0.15) is 13.2 Å². The molecule has 0 saturated carbocycles. The van der Waals surface area contributed by atoms with Crippen LogP contribution in [0, 0.1) is 13.8 Å². The lowest BCUT2D eigenvalue weighted by Gasteiger charge is -2.08. The standard InChI is InChI=1S/C17H20N6O.C2HF3O2/c1-11(2)23-9-16(20-21-23)17(24)19-14-5-7-15(8-6-14)22-10-18-12(3)13(22)4;3-2(4,5)1(6)7/h5-11H,1-4H3,(H,19,24);(H,6,7). The molecule has 1 amide bonds. The molecule has 0 radical (unpaired) electrons. The number of aromatic nitrogens is 5. The van der Waals surface area contributed by atoms with E-state index in [1.165, 1.54) is 0 Å². The second kappa shape index (κ2) is 9.41. The summed E-state index contributed by atoms with van der Waals surface area (Å²) in [5.74, 6) is -3.03. The lowest BCUT2D eigenvalue weighted by Crippen LogP contribution is -2.21. The maximum absolute atomic E-state index is 12.2. The molecule has 166 valence electrons. The van der Waals surface area contributed by atoms with Gasteiger partial charge in [0.25, 0.3) is 5.91 Å². The first kappa shape index (κ1) is 23.6. The van der Waals surface area contributed by atoms with Gasteiger partial charge in [0, 0.05) is 23.1 Å². The van der Waals surface area contributed by atoms with Crippen molar-refractivity contribution in [3.05, 3.63) is 53.9 Å². The summed E-state index contributed by atoms with van der Waals surface area (Å²) in [6.07, 6.45) is -1.64. The summed E-state index contributed by atoms with van der Waals surface area (Å²) in [6, 6.07) is 7.76. The van der Waals surface area contributed by atoms with Crippen LogP contribution in [-0.4, -0.2) is 47.7 Å². The van der Waals surface area contributed by atoms with Crippen LogP contribution in [0.25, 0.3) is 5.69 Å². The van der Waals surface area contributed by atoms with Crippen molar-refractivity contribution in [3.8, 4) is 5.69 Å². The largest absolute Gasteiger partial charge is 0.490 e. The number of carbonyl (C=O) groups excluding carboxylic acids is 1. The Morgan fingerprint density at radius 3 is 2.13 bits per heavy atom. The Morgan fingerprint density at radius 2 is 1.71 bits per heavy atom. The van der Waals surface area contributed by atoms with Crippen LogP contribution < -0.4 is 5.32 Å². The van der Waals surface area contributed by atoms with Gasteiger partial charge in [-0.05, 0) is 52.0 Å². The fraction of sp³-hybridized carbons (Fsp3) is 0.316.